The van der Waals surface area contributed by atoms with E-state index in [2.05, 4.69) is 4.74 Å². The van der Waals surface area contributed by atoms with E-state index in [4.69, 9.17) is 0 Å². The van der Waals surface area contributed by atoms with Crippen LogP contribution in [0.1, 0.15) is 0 Å². The Morgan fingerprint density at radius 1 is 1.78 bits per heavy atom. The number of hydrogen-bond acceptors (Lipinski definition) is 2. The van der Waals surface area contributed by atoms with Gasteiger partial charge in [0, 0.05) is 7.11 Å². The van der Waals surface area contributed by atoms with Crippen molar-refractivity contribution in [2.75, 3.05) is 20.4 Å². The highest BCUT2D eigenvalue weighted by molar-refractivity contribution is 5.71. The number of carbonyl (C=O) groups excluding carboxylic acids is 1. The van der Waals surface area contributed by atoms with Gasteiger partial charge in [-0.2, -0.15) is 4.39 Å². The van der Waals surface area contributed by atoms with E-state index in [0.29, 0.717) is 0 Å². The largest absolute Gasteiger partial charge is 0.384 e. The number of carbonyl (C=O) groups is 1. The van der Waals surface area contributed by atoms with E-state index in [1.54, 1.807) is 0 Å². The van der Waals surface area contributed by atoms with E-state index in [1.807, 2.05) is 0 Å². The van der Waals surface area contributed by atoms with Gasteiger partial charge in [0.05, 0.1) is 6.61 Å². The number of alkyl halides is 1. The first kappa shape index (κ1) is 8.49. The van der Waals surface area contributed by atoms with Gasteiger partial charge in [0.15, 0.2) is 0 Å². The van der Waals surface area contributed by atoms with Crippen molar-refractivity contribution < 1.29 is 18.3 Å². The van der Waals surface area contributed by atoms with Crippen molar-refractivity contribution in [2.45, 2.75) is 0 Å². The van der Waals surface area contributed by atoms with Crippen molar-refractivity contribution in [1.29, 1.82) is 0 Å². The van der Waals surface area contributed by atoms with Crippen LogP contribution in [0.2, 0.25) is 0 Å². The van der Waals surface area contributed by atoms with Gasteiger partial charge in [0.25, 0.3) is 0 Å². The number of methoxy groups -OCH3 is 1. The van der Waals surface area contributed by atoms with Crippen LogP contribution in [0.15, 0.2) is 0 Å². The Bertz CT molecular complexity index is 95.0. The number of halogens is 2. The predicted octanol–water partition coefficient (Wildman–Crippen LogP) is 0.715. The Labute approximate surface area is 51.8 Å². The molecular weight excluding hydrogens is 130 g/mol. The van der Waals surface area contributed by atoms with Crippen molar-refractivity contribution >= 4 is 6.04 Å². The standard InChI is InChI=1S/C5H8F2O2/c1-9-3-4(2-6)5(7)8/h4H,2-3H2,1H3. The molecule has 0 aromatic carbocycles. The predicted molar refractivity (Wildman–Crippen MR) is 27.5 cm³/mol. The lowest BCUT2D eigenvalue weighted by Gasteiger charge is -2.02. The maximum Gasteiger partial charge on any atom is 0.309 e. The summed E-state index contributed by atoms with van der Waals surface area (Å²) < 4.78 is 27.5. The number of ether oxygens (including phenoxy) is 1. The van der Waals surface area contributed by atoms with Gasteiger partial charge in [-0.15, -0.1) is 0 Å². The molecule has 1 atom stereocenters. The molecule has 4 heteroatoms. The summed E-state index contributed by atoms with van der Waals surface area (Å²) >= 11 is 0. The first-order valence-corrected chi connectivity index (χ1v) is 2.46. The molecule has 0 saturated heterocycles. The van der Waals surface area contributed by atoms with Gasteiger partial charge in [-0.25, -0.2) is 0 Å². The van der Waals surface area contributed by atoms with Gasteiger partial charge in [0.1, 0.15) is 12.6 Å². The first-order chi connectivity index (χ1) is 4.22. The molecule has 2 nitrogen and oxygen atoms in total. The zero-order valence-corrected chi connectivity index (χ0v) is 5.06. The van der Waals surface area contributed by atoms with Crippen molar-refractivity contribution in [3.63, 3.8) is 0 Å². The van der Waals surface area contributed by atoms with Crippen LogP contribution in [-0.4, -0.2) is 26.4 Å². The normalized spacial score (nSPS) is 13.2. The molecule has 1 unspecified atom stereocenters. The van der Waals surface area contributed by atoms with Crippen LogP contribution in [-0.2, 0) is 9.53 Å². The second-order valence-electron chi connectivity index (χ2n) is 1.61. The van der Waals surface area contributed by atoms with E-state index in [1.165, 1.54) is 7.11 Å². The summed E-state index contributed by atoms with van der Waals surface area (Å²) in [5.74, 6) is -1.23. The minimum atomic E-state index is -1.65. The summed E-state index contributed by atoms with van der Waals surface area (Å²) in [4.78, 5) is 9.78. The molecule has 0 rings (SSSR count). The third kappa shape index (κ3) is 3.13. The van der Waals surface area contributed by atoms with Gasteiger partial charge in [-0.3, -0.25) is 9.18 Å². The van der Waals surface area contributed by atoms with Crippen molar-refractivity contribution in [1.82, 2.24) is 0 Å². The Kier molecular flexibility index (Phi) is 4.13. The molecular formula is C5H8F2O2. The highest BCUT2D eigenvalue weighted by Crippen LogP contribution is 2.00. The summed E-state index contributed by atoms with van der Waals surface area (Å²) in [5.41, 5.74) is 0. The molecule has 54 valence electrons. The van der Waals surface area contributed by atoms with Gasteiger partial charge >= 0.3 is 6.04 Å². The fraction of sp³-hybridized carbons (Fsp3) is 0.800. The first-order valence-electron chi connectivity index (χ1n) is 2.46. The van der Waals surface area contributed by atoms with Gasteiger partial charge in [-0.1, -0.05) is 0 Å². The van der Waals surface area contributed by atoms with E-state index < -0.39 is 18.6 Å². The molecule has 0 aliphatic rings. The molecule has 9 heavy (non-hydrogen) atoms. The van der Waals surface area contributed by atoms with Gasteiger partial charge < -0.3 is 4.74 Å². The maximum absolute atomic E-state index is 11.6. The van der Waals surface area contributed by atoms with Crippen molar-refractivity contribution in [3.8, 4) is 0 Å². The van der Waals surface area contributed by atoms with E-state index in [0.717, 1.165) is 0 Å². The van der Waals surface area contributed by atoms with Crippen LogP contribution in [0, 0.1) is 5.92 Å². The molecule has 0 N–H and O–H groups in total. The molecule has 0 fully saturated rings. The minimum absolute atomic E-state index is 0.189. The van der Waals surface area contributed by atoms with Crippen LogP contribution in [0.25, 0.3) is 0 Å². The third-order valence-electron chi connectivity index (χ3n) is 0.875. The van der Waals surface area contributed by atoms with Crippen molar-refractivity contribution in [3.05, 3.63) is 0 Å². The number of hydrogen-bond donors (Lipinski definition) is 0. The Morgan fingerprint density at radius 3 is 2.44 bits per heavy atom. The molecule has 0 bridgehead atoms. The topological polar surface area (TPSA) is 26.3 Å². The summed E-state index contributed by atoms with van der Waals surface area (Å²) in [6, 6.07) is -1.65. The second-order valence-corrected chi connectivity index (χ2v) is 1.61. The Balaban J connectivity index is 3.54. The van der Waals surface area contributed by atoms with Gasteiger partial charge in [0.2, 0.25) is 0 Å². The molecule has 0 radical (unpaired) electrons. The van der Waals surface area contributed by atoms with E-state index in [-0.39, 0.29) is 6.61 Å². The zero-order chi connectivity index (χ0) is 7.28. The lowest BCUT2D eigenvalue weighted by atomic mass is 10.2. The molecule has 0 heterocycles. The van der Waals surface area contributed by atoms with Crippen LogP contribution >= 0.6 is 0 Å². The molecule has 0 aliphatic heterocycles. The fourth-order valence-electron chi connectivity index (χ4n) is 0.372. The maximum atomic E-state index is 11.6. The SMILES string of the molecule is COCC(CF)C(=O)F. The highest BCUT2D eigenvalue weighted by atomic mass is 19.1. The van der Waals surface area contributed by atoms with Crippen LogP contribution in [0.4, 0.5) is 8.78 Å². The lowest BCUT2D eigenvalue weighted by Crippen LogP contribution is -2.17. The van der Waals surface area contributed by atoms with Crippen LogP contribution in [0.3, 0.4) is 0 Å². The van der Waals surface area contributed by atoms with Crippen LogP contribution in [0.5, 0.6) is 0 Å². The minimum Gasteiger partial charge on any atom is -0.384 e. The summed E-state index contributed by atoms with van der Waals surface area (Å²) in [5, 5.41) is 0. The quantitative estimate of drug-likeness (QED) is 0.535. The molecule has 0 aliphatic carbocycles. The molecule has 0 amide bonds. The van der Waals surface area contributed by atoms with E-state index in [9.17, 15) is 13.6 Å². The fourth-order valence-corrected chi connectivity index (χ4v) is 0.372. The second kappa shape index (κ2) is 4.38. The molecule has 0 aromatic rings. The number of rotatable bonds is 4. The summed E-state index contributed by atoms with van der Waals surface area (Å²) in [6.45, 7) is -1.19. The Hall–Kier alpha value is -0.510. The summed E-state index contributed by atoms with van der Waals surface area (Å²) in [7, 11) is 1.28. The average molecular weight is 138 g/mol. The average Bonchev–Trinajstić information content (AvgIpc) is 1.82. The molecule has 0 spiro atoms. The Morgan fingerprint density at radius 2 is 2.33 bits per heavy atom. The van der Waals surface area contributed by atoms with Crippen LogP contribution < -0.4 is 0 Å². The highest BCUT2D eigenvalue weighted by Gasteiger charge is 2.16. The summed E-state index contributed by atoms with van der Waals surface area (Å²) in [6.07, 6.45) is 0. The monoisotopic (exact) mass is 138 g/mol. The smallest absolute Gasteiger partial charge is 0.309 e. The van der Waals surface area contributed by atoms with Crippen molar-refractivity contribution in [2.24, 2.45) is 5.92 Å². The lowest BCUT2D eigenvalue weighted by molar-refractivity contribution is -0.135. The van der Waals surface area contributed by atoms with Gasteiger partial charge in [-0.05, 0) is 0 Å². The van der Waals surface area contributed by atoms with E-state index >= 15 is 0 Å². The molecule has 0 aromatic heterocycles. The zero-order valence-electron chi connectivity index (χ0n) is 5.06. The third-order valence-corrected chi connectivity index (χ3v) is 0.875. The molecule has 0 saturated carbocycles.